The van der Waals surface area contributed by atoms with Crippen LogP contribution in [0.5, 0.6) is 0 Å². The van der Waals surface area contributed by atoms with E-state index in [0.717, 1.165) is 24.5 Å². The molecule has 2 atom stereocenters. The first-order chi connectivity index (χ1) is 11.6. The molecule has 2 heterocycles. The standard InChI is InChI=1S/C18H23N3O2S/c1-13-11-21(12-14(2)23-13)16-7-5-15(6-8-16)20-18(24)19-10-17-4-3-9-22-17/h3-9,13-14H,10-12H2,1-2H3,(H2,19,20,24)/t13-,14+. The minimum absolute atomic E-state index is 0.255. The van der Waals surface area contributed by atoms with Crippen LogP contribution in [0.2, 0.25) is 0 Å². The summed E-state index contributed by atoms with van der Waals surface area (Å²) in [6.07, 6.45) is 2.16. The van der Waals surface area contributed by atoms with Crippen molar-refractivity contribution >= 4 is 28.7 Å². The van der Waals surface area contributed by atoms with Crippen molar-refractivity contribution in [2.24, 2.45) is 0 Å². The molecule has 6 heteroatoms. The summed E-state index contributed by atoms with van der Waals surface area (Å²) < 4.78 is 11.1. The summed E-state index contributed by atoms with van der Waals surface area (Å²) in [6, 6.07) is 12.1. The molecule has 0 aliphatic carbocycles. The van der Waals surface area contributed by atoms with Gasteiger partial charge in [0.2, 0.25) is 0 Å². The van der Waals surface area contributed by atoms with Gasteiger partial charge in [-0.1, -0.05) is 0 Å². The monoisotopic (exact) mass is 345 g/mol. The summed E-state index contributed by atoms with van der Waals surface area (Å²) in [6.45, 7) is 6.63. The Bertz CT molecular complexity index is 647. The van der Waals surface area contributed by atoms with Crippen molar-refractivity contribution in [3.8, 4) is 0 Å². The minimum atomic E-state index is 0.255. The lowest BCUT2D eigenvalue weighted by Gasteiger charge is -2.36. The molecular formula is C18H23N3O2S. The topological polar surface area (TPSA) is 49.7 Å². The van der Waals surface area contributed by atoms with Crippen LogP contribution in [0, 0.1) is 0 Å². The number of nitrogens with zero attached hydrogens (tertiary/aromatic N) is 1. The average molecular weight is 345 g/mol. The fourth-order valence-corrected chi connectivity index (χ4v) is 3.09. The van der Waals surface area contributed by atoms with E-state index in [1.165, 1.54) is 5.69 Å². The molecule has 0 spiro atoms. The summed E-state index contributed by atoms with van der Waals surface area (Å²) in [7, 11) is 0. The molecule has 128 valence electrons. The van der Waals surface area contributed by atoms with E-state index in [-0.39, 0.29) is 12.2 Å². The molecule has 0 unspecified atom stereocenters. The average Bonchev–Trinajstić information content (AvgIpc) is 3.06. The molecule has 1 aromatic heterocycles. The van der Waals surface area contributed by atoms with Gasteiger partial charge >= 0.3 is 0 Å². The summed E-state index contributed by atoms with van der Waals surface area (Å²) in [5.41, 5.74) is 2.17. The first-order valence-electron chi connectivity index (χ1n) is 8.18. The Morgan fingerprint density at radius 2 is 1.88 bits per heavy atom. The van der Waals surface area contributed by atoms with Gasteiger partial charge in [0.15, 0.2) is 5.11 Å². The van der Waals surface area contributed by atoms with Crippen LogP contribution < -0.4 is 15.5 Å². The fourth-order valence-electron chi connectivity index (χ4n) is 2.90. The molecule has 3 rings (SSSR count). The zero-order valence-electron chi connectivity index (χ0n) is 14.0. The molecule has 1 aliphatic heterocycles. The Hall–Kier alpha value is -2.05. The smallest absolute Gasteiger partial charge is 0.171 e. The lowest BCUT2D eigenvalue weighted by molar-refractivity contribution is -0.00521. The number of nitrogens with one attached hydrogen (secondary N) is 2. The number of furan rings is 1. The van der Waals surface area contributed by atoms with Gasteiger partial charge in [-0.3, -0.25) is 0 Å². The van der Waals surface area contributed by atoms with Crippen molar-refractivity contribution in [1.82, 2.24) is 5.32 Å². The lowest BCUT2D eigenvalue weighted by atomic mass is 10.2. The van der Waals surface area contributed by atoms with Gasteiger partial charge in [-0.15, -0.1) is 0 Å². The van der Waals surface area contributed by atoms with E-state index < -0.39 is 0 Å². The van der Waals surface area contributed by atoms with Gasteiger partial charge < -0.3 is 24.7 Å². The van der Waals surface area contributed by atoms with Crippen LogP contribution in [0.15, 0.2) is 47.1 Å². The highest BCUT2D eigenvalue weighted by Gasteiger charge is 2.22. The van der Waals surface area contributed by atoms with Crippen LogP contribution >= 0.6 is 12.2 Å². The van der Waals surface area contributed by atoms with E-state index in [9.17, 15) is 0 Å². The number of hydrogen-bond acceptors (Lipinski definition) is 4. The van der Waals surface area contributed by atoms with E-state index >= 15 is 0 Å². The van der Waals surface area contributed by atoms with Gasteiger partial charge in [0.1, 0.15) is 5.76 Å². The van der Waals surface area contributed by atoms with E-state index in [4.69, 9.17) is 21.4 Å². The Kier molecular flexibility index (Phi) is 5.37. The predicted molar refractivity (Wildman–Crippen MR) is 100 cm³/mol. The first kappa shape index (κ1) is 16.8. The minimum Gasteiger partial charge on any atom is -0.467 e. The Labute approximate surface area is 148 Å². The van der Waals surface area contributed by atoms with Crippen molar-refractivity contribution in [2.75, 3.05) is 23.3 Å². The third-order valence-corrected chi connectivity index (χ3v) is 4.16. The second kappa shape index (κ2) is 7.68. The maximum absolute atomic E-state index is 5.78. The zero-order valence-corrected chi connectivity index (χ0v) is 14.8. The summed E-state index contributed by atoms with van der Waals surface area (Å²) in [4.78, 5) is 2.36. The van der Waals surface area contributed by atoms with Gasteiger partial charge in [-0.05, 0) is 62.5 Å². The molecule has 24 heavy (non-hydrogen) atoms. The molecule has 5 nitrogen and oxygen atoms in total. The van der Waals surface area contributed by atoms with Crippen molar-refractivity contribution < 1.29 is 9.15 Å². The van der Waals surface area contributed by atoms with Gasteiger partial charge in [-0.2, -0.15) is 0 Å². The first-order valence-corrected chi connectivity index (χ1v) is 8.58. The van der Waals surface area contributed by atoms with Crippen LogP contribution in [-0.2, 0) is 11.3 Å². The number of benzene rings is 1. The molecular weight excluding hydrogens is 322 g/mol. The maximum Gasteiger partial charge on any atom is 0.171 e. The molecule has 0 amide bonds. The molecule has 0 radical (unpaired) electrons. The lowest BCUT2D eigenvalue weighted by Crippen LogP contribution is -2.45. The number of anilines is 2. The normalized spacial score (nSPS) is 20.7. The highest BCUT2D eigenvalue weighted by atomic mass is 32.1. The van der Waals surface area contributed by atoms with Gasteiger partial charge in [-0.25, -0.2) is 0 Å². The van der Waals surface area contributed by atoms with Crippen molar-refractivity contribution in [3.63, 3.8) is 0 Å². The summed E-state index contributed by atoms with van der Waals surface area (Å²) in [5, 5.41) is 6.89. The van der Waals surface area contributed by atoms with Crippen LogP contribution in [0.3, 0.4) is 0 Å². The van der Waals surface area contributed by atoms with Crippen molar-refractivity contribution in [3.05, 3.63) is 48.4 Å². The zero-order chi connectivity index (χ0) is 16.9. The molecule has 1 fully saturated rings. The fraction of sp³-hybridized carbons (Fsp3) is 0.389. The highest BCUT2D eigenvalue weighted by Crippen LogP contribution is 2.22. The van der Waals surface area contributed by atoms with Crippen LogP contribution in [0.4, 0.5) is 11.4 Å². The third kappa shape index (κ3) is 4.49. The molecule has 0 bridgehead atoms. The quantitative estimate of drug-likeness (QED) is 0.829. The Morgan fingerprint density at radius 3 is 2.50 bits per heavy atom. The molecule has 1 saturated heterocycles. The Morgan fingerprint density at radius 1 is 1.17 bits per heavy atom. The molecule has 2 aromatic rings. The number of rotatable bonds is 4. The second-order valence-electron chi connectivity index (χ2n) is 6.10. The van der Waals surface area contributed by atoms with Crippen LogP contribution in [-0.4, -0.2) is 30.4 Å². The number of morpholine rings is 1. The van der Waals surface area contributed by atoms with E-state index in [1.54, 1.807) is 6.26 Å². The molecule has 1 aliphatic rings. The molecule has 1 aromatic carbocycles. The van der Waals surface area contributed by atoms with Gasteiger partial charge in [0.25, 0.3) is 0 Å². The molecule has 0 saturated carbocycles. The largest absolute Gasteiger partial charge is 0.467 e. The predicted octanol–water partition coefficient (Wildman–Crippen LogP) is 3.38. The SMILES string of the molecule is C[C@@H]1CN(c2ccc(NC(=S)NCc3ccco3)cc2)C[C@H](C)O1. The van der Waals surface area contributed by atoms with Gasteiger partial charge in [0, 0.05) is 24.5 Å². The maximum atomic E-state index is 5.78. The summed E-state index contributed by atoms with van der Waals surface area (Å²) >= 11 is 5.31. The number of hydrogen-bond donors (Lipinski definition) is 2. The van der Waals surface area contributed by atoms with Crippen LogP contribution in [0.25, 0.3) is 0 Å². The van der Waals surface area contributed by atoms with E-state index in [0.29, 0.717) is 11.7 Å². The number of ether oxygens (including phenoxy) is 1. The van der Waals surface area contributed by atoms with Crippen molar-refractivity contribution in [2.45, 2.75) is 32.6 Å². The summed E-state index contributed by atoms with van der Waals surface area (Å²) in [5.74, 6) is 0.852. The Balaban J connectivity index is 1.53. The van der Waals surface area contributed by atoms with E-state index in [1.807, 2.05) is 24.3 Å². The van der Waals surface area contributed by atoms with Crippen molar-refractivity contribution in [1.29, 1.82) is 0 Å². The van der Waals surface area contributed by atoms with Crippen LogP contribution in [0.1, 0.15) is 19.6 Å². The second-order valence-corrected chi connectivity index (χ2v) is 6.50. The highest BCUT2D eigenvalue weighted by molar-refractivity contribution is 7.80. The van der Waals surface area contributed by atoms with Gasteiger partial charge in [0.05, 0.1) is 25.0 Å². The van der Waals surface area contributed by atoms with E-state index in [2.05, 4.69) is 41.5 Å². The number of thiocarbonyl (C=S) groups is 1. The third-order valence-electron chi connectivity index (χ3n) is 3.91. The molecule has 2 N–H and O–H groups in total.